The molecule has 1 amide bonds. The van der Waals surface area contributed by atoms with Crippen LogP contribution < -0.4 is 5.32 Å². The van der Waals surface area contributed by atoms with Crippen LogP contribution in [0, 0.1) is 0 Å². The van der Waals surface area contributed by atoms with Gasteiger partial charge in [0.25, 0.3) is 0 Å². The van der Waals surface area contributed by atoms with Gasteiger partial charge in [-0.1, -0.05) is 13.8 Å². The Labute approximate surface area is 93.2 Å². The molecule has 0 saturated carbocycles. The molecule has 1 aliphatic rings. The summed E-state index contributed by atoms with van der Waals surface area (Å²) in [5.74, 6) is 0.184. The molecule has 1 heterocycles. The summed E-state index contributed by atoms with van der Waals surface area (Å²) in [6.45, 7) is 7.69. The Bertz CT molecular complexity index is 188. The van der Waals surface area contributed by atoms with Crippen LogP contribution in [-0.2, 0) is 4.79 Å². The molecule has 88 valence electrons. The van der Waals surface area contributed by atoms with Crippen molar-refractivity contribution in [2.24, 2.45) is 0 Å². The van der Waals surface area contributed by atoms with Crippen molar-refractivity contribution in [1.82, 2.24) is 10.2 Å². The molecule has 3 nitrogen and oxygen atoms in total. The van der Waals surface area contributed by atoms with Crippen molar-refractivity contribution >= 4 is 5.91 Å². The third-order valence-corrected chi connectivity index (χ3v) is 3.17. The van der Waals surface area contributed by atoms with Gasteiger partial charge in [-0.05, 0) is 38.8 Å². The van der Waals surface area contributed by atoms with Crippen LogP contribution in [0.1, 0.15) is 46.0 Å². The highest BCUT2D eigenvalue weighted by Crippen LogP contribution is 2.09. The van der Waals surface area contributed by atoms with Gasteiger partial charge in [0.2, 0.25) is 5.91 Å². The number of nitrogens with zero attached hydrogens (tertiary/aromatic N) is 1. The van der Waals surface area contributed by atoms with Crippen LogP contribution in [0.4, 0.5) is 0 Å². The predicted molar refractivity (Wildman–Crippen MR) is 62.8 cm³/mol. The smallest absolute Gasteiger partial charge is 0.219 e. The molecule has 1 fully saturated rings. The minimum absolute atomic E-state index is 0.184. The Morgan fingerprint density at radius 2 is 2.00 bits per heavy atom. The van der Waals surface area contributed by atoms with E-state index in [9.17, 15) is 4.79 Å². The first-order chi connectivity index (χ1) is 7.26. The van der Waals surface area contributed by atoms with E-state index < -0.39 is 0 Å². The molecule has 1 N–H and O–H groups in total. The van der Waals surface area contributed by atoms with Gasteiger partial charge in [-0.2, -0.15) is 0 Å². The van der Waals surface area contributed by atoms with Crippen molar-refractivity contribution in [2.75, 3.05) is 19.6 Å². The predicted octanol–water partition coefficient (Wildman–Crippen LogP) is 1.78. The zero-order valence-electron chi connectivity index (χ0n) is 10.1. The summed E-state index contributed by atoms with van der Waals surface area (Å²) in [6, 6.07) is 0.373. The highest BCUT2D eigenvalue weighted by molar-refractivity contribution is 5.75. The molecule has 0 aromatic rings. The van der Waals surface area contributed by atoms with Crippen LogP contribution in [0.25, 0.3) is 0 Å². The number of nitrogens with one attached hydrogen (secondary N) is 1. The molecule has 1 atom stereocenters. The monoisotopic (exact) mass is 212 g/mol. The van der Waals surface area contributed by atoms with Crippen LogP contribution >= 0.6 is 0 Å². The molecular formula is C12H24N2O. The minimum atomic E-state index is 0.184. The van der Waals surface area contributed by atoms with Crippen LogP contribution in [0.15, 0.2) is 0 Å². The second kappa shape index (κ2) is 6.83. The lowest BCUT2D eigenvalue weighted by molar-refractivity contribution is -0.121. The summed E-state index contributed by atoms with van der Waals surface area (Å²) in [7, 11) is 0. The lowest BCUT2D eigenvalue weighted by atomic mass is 10.1. The van der Waals surface area contributed by atoms with Crippen molar-refractivity contribution in [3.63, 3.8) is 0 Å². The van der Waals surface area contributed by atoms with Gasteiger partial charge in [-0.3, -0.25) is 4.79 Å². The summed E-state index contributed by atoms with van der Waals surface area (Å²) in [6.07, 6.45) is 5.43. The maximum atomic E-state index is 11.3. The zero-order valence-corrected chi connectivity index (χ0v) is 10.1. The van der Waals surface area contributed by atoms with Gasteiger partial charge in [-0.15, -0.1) is 0 Å². The number of hydrogen-bond donors (Lipinski definition) is 1. The van der Waals surface area contributed by atoms with Crippen molar-refractivity contribution < 1.29 is 4.79 Å². The lowest BCUT2D eigenvalue weighted by Gasteiger charge is -2.20. The van der Waals surface area contributed by atoms with Gasteiger partial charge in [0.15, 0.2) is 0 Å². The summed E-state index contributed by atoms with van der Waals surface area (Å²) in [5.41, 5.74) is 0. The molecule has 0 radical (unpaired) electrons. The number of amides is 1. The normalized spacial score (nSPS) is 19.1. The van der Waals surface area contributed by atoms with E-state index in [1.54, 1.807) is 0 Å². The SMILES string of the molecule is CCC(=O)NC(CC)CCN1CCCC1. The van der Waals surface area contributed by atoms with E-state index in [1.807, 2.05) is 6.92 Å². The van der Waals surface area contributed by atoms with Crippen molar-refractivity contribution in [3.8, 4) is 0 Å². The number of carbonyl (C=O) groups excluding carboxylic acids is 1. The molecule has 1 rings (SSSR count). The molecule has 15 heavy (non-hydrogen) atoms. The third kappa shape index (κ3) is 4.65. The Morgan fingerprint density at radius 3 is 2.53 bits per heavy atom. The Morgan fingerprint density at radius 1 is 1.33 bits per heavy atom. The third-order valence-electron chi connectivity index (χ3n) is 3.17. The minimum Gasteiger partial charge on any atom is -0.353 e. The highest BCUT2D eigenvalue weighted by atomic mass is 16.1. The fourth-order valence-corrected chi connectivity index (χ4v) is 2.05. The van der Waals surface area contributed by atoms with E-state index in [-0.39, 0.29) is 5.91 Å². The summed E-state index contributed by atoms with van der Waals surface area (Å²) >= 11 is 0. The molecule has 0 bridgehead atoms. The second-order valence-electron chi connectivity index (χ2n) is 4.36. The Kier molecular flexibility index (Phi) is 5.69. The lowest BCUT2D eigenvalue weighted by Crippen LogP contribution is -2.36. The Balaban J connectivity index is 2.17. The van der Waals surface area contributed by atoms with Crippen LogP contribution in [-0.4, -0.2) is 36.5 Å². The molecule has 0 aromatic heterocycles. The van der Waals surface area contributed by atoms with Crippen LogP contribution in [0.3, 0.4) is 0 Å². The fourth-order valence-electron chi connectivity index (χ4n) is 2.05. The molecule has 3 heteroatoms. The van der Waals surface area contributed by atoms with E-state index in [0.717, 1.165) is 19.4 Å². The molecular weight excluding hydrogens is 188 g/mol. The molecule has 0 aliphatic carbocycles. The summed E-state index contributed by atoms with van der Waals surface area (Å²) in [4.78, 5) is 13.8. The van der Waals surface area contributed by atoms with Crippen LogP contribution in [0.5, 0.6) is 0 Å². The summed E-state index contributed by atoms with van der Waals surface area (Å²) in [5, 5.41) is 3.07. The first-order valence-corrected chi connectivity index (χ1v) is 6.28. The molecule has 0 spiro atoms. The van der Waals surface area contributed by atoms with E-state index in [4.69, 9.17) is 0 Å². The maximum Gasteiger partial charge on any atom is 0.219 e. The summed E-state index contributed by atoms with van der Waals surface area (Å²) < 4.78 is 0. The maximum absolute atomic E-state index is 11.3. The van der Waals surface area contributed by atoms with Crippen molar-refractivity contribution in [3.05, 3.63) is 0 Å². The van der Waals surface area contributed by atoms with E-state index in [1.165, 1.54) is 25.9 Å². The number of carbonyl (C=O) groups is 1. The standard InChI is InChI=1S/C12H24N2O/c1-3-11(13-12(15)4-2)7-10-14-8-5-6-9-14/h11H,3-10H2,1-2H3,(H,13,15). The topological polar surface area (TPSA) is 32.3 Å². The number of rotatable bonds is 6. The largest absolute Gasteiger partial charge is 0.353 e. The van der Waals surface area contributed by atoms with Gasteiger partial charge in [-0.25, -0.2) is 0 Å². The quantitative estimate of drug-likeness (QED) is 0.728. The van der Waals surface area contributed by atoms with Gasteiger partial charge < -0.3 is 10.2 Å². The number of likely N-dealkylation sites (tertiary alicyclic amines) is 1. The van der Waals surface area contributed by atoms with Crippen molar-refractivity contribution in [2.45, 2.75) is 52.0 Å². The molecule has 0 aromatic carbocycles. The van der Waals surface area contributed by atoms with E-state index in [2.05, 4.69) is 17.1 Å². The fraction of sp³-hybridized carbons (Fsp3) is 0.917. The first-order valence-electron chi connectivity index (χ1n) is 6.28. The zero-order chi connectivity index (χ0) is 11.1. The first kappa shape index (κ1) is 12.5. The second-order valence-corrected chi connectivity index (χ2v) is 4.36. The Hall–Kier alpha value is -0.570. The van der Waals surface area contributed by atoms with Gasteiger partial charge in [0.05, 0.1) is 0 Å². The van der Waals surface area contributed by atoms with E-state index in [0.29, 0.717) is 12.5 Å². The molecule has 1 unspecified atom stereocenters. The van der Waals surface area contributed by atoms with Gasteiger partial charge in [0.1, 0.15) is 0 Å². The molecule has 1 aliphatic heterocycles. The molecule has 1 saturated heterocycles. The van der Waals surface area contributed by atoms with Crippen molar-refractivity contribution in [1.29, 1.82) is 0 Å². The highest BCUT2D eigenvalue weighted by Gasteiger charge is 2.14. The van der Waals surface area contributed by atoms with Gasteiger partial charge in [0, 0.05) is 19.0 Å². The van der Waals surface area contributed by atoms with E-state index >= 15 is 0 Å². The average Bonchev–Trinajstić information content (AvgIpc) is 2.76. The van der Waals surface area contributed by atoms with Gasteiger partial charge >= 0.3 is 0 Å². The number of hydrogen-bond acceptors (Lipinski definition) is 2. The average molecular weight is 212 g/mol. The van der Waals surface area contributed by atoms with Crippen LogP contribution in [0.2, 0.25) is 0 Å².